The van der Waals surface area contributed by atoms with Crippen LogP contribution in [0.15, 0.2) is 0 Å². The van der Waals surface area contributed by atoms with Gasteiger partial charge >= 0.3 is 51.9 Å². The predicted octanol–water partition coefficient (Wildman–Crippen LogP) is -3.53. The third-order valence-corrected chi connectivity index (χ3v) is 1.62. The smallest absolute Gasteiger partial charge is 0.793 e. The second-order valence-electron chi connectivity index (χ2n) is 1.32. The average Bonchev–Trinajstić information content (AvgIpc) is 1.59. The first-order chi connectivity index (χ1) is 3.56. The van der Waals surface area contributed by atoms with Gasteiger partial charge in [-0.05, 0) is 0 Å². The van der Waals surface area contributed by atoms with E-state index >= 15 is 0 Å². The molecule has 0 saturated heterocycles. The van der Waals surface area contributed by atoms with E-state index in [1.54, 1.807) is 0 Å². The van der Waals surface area contributed by atoms with Gasteiger partial charge < -0.3 is 17.2 Å². The maximum absolute atomic E-state index is 9.79. The maximum atomic E-state index is 9.79. The van der Waals surface area contributed by atoms with Gasteiger partial charge in [-0.25, -0.2) is 8.42 Å². The van der Waals surface area contributed by atoms with Crippen LogP contribution in [0.2, 0.25) is 0 Å². The molecule has 0 unspecified atom stereocenters. The Kier molecular flexibility index (Phi) is 16.3. The van der Waals surface area contributed by atoms with Crippen LogP contribution in [0.5, 0.6) is 0 Å². The zero-order valence-electron chi connectivity index (χ0n) is 5.46. The van der Waals surface area contributed by atoms with Crippen LogP contribution in [0.4, 0.5) is 0 Å². The monoisotopic (exact) mass is 374 g/mol. The minimum Gasteiger partial charge on any atom is -0.793 e. The fourth-order valence-electron chi connectivity index (χ4n) is 0.236. The fraction of sp³-hybridized carbons (Fsp3) is 1.00. The van der Waals surface area contributed by atoms with Crippen LogP contribution in [-0.2, 0) is 45.1 Å². The molecule has 0 saturated carbocycles. The van der Waals surface area contributed by atoms with Crippen molar-refractivity contribution >= 4 is 22.7 Å². The molecular formula is C3H6AuNaO3S2. The van der Waals surface area contributed by atoms with Gasteiger partial charge in [-0.15, -0.1) is 0 Å². The quantitative estimate of drug-likeness (QED) is 0.292. The van der Waals surface area contributed by atoms with Crippen molar-refractivity contribution in [2.45, 2.75) is 6.42 Å². The van der Waals surface area contributed by atoms with Gasteiger partial charge in [0.05, 0.1) is 10.1 Å². The Labute approximate surface area is 104 Å². The summed E-state index contributed by atoms with van der Waals surface area (Å²) in [7, 11) is -4.00. The Bertz CT molecular complexity index is 146. The van der Waals surface area contributed by atoms with Crippen molar-refractivity contribution in [3.63, 3.8) is 0 Å². The van der Waals surface area contributed by atoms with Crippen molar-refractivity contribution in [2.24, 2.45) is 0 Å². The first-order valence-corrected chi connectivity index (χ1v) is 4.23. The van der Waals surface area contributed by atoms with Crippen molar-refractivity contribution in [2.75, 3.05) is 11.5 Å². The van der Waals surface area contributed by atoms with E-state index in [1.807, 2.05) is 0 Å². The first-order valence-electron chi connectivity index (χ1n) is 2.08. The molecule has 0 fully saturated rings. The molecule has 0 bridgehead atoms. The van der Waals surface area contributed by atoms with E-state index in [2.05, 4.69) is 12.6 Å². The largest absolute Gasteiger partial charge is 1.00 e. The standard InChI is InChI=1S/C3H8O3S2.Au.Na/c4-8(5,6)3-1-2-7;;/h7H,1-3H2,(H,4,5,6);;/q;2*+1/p-2. The minimum atomic E-state index is -4.00. The van der Waals surface area contributed by atoms with Gasteiger partial charge in [0.1, 0.15) is 0 Å². The topological polar surface area (TPSA) is 57.2 Å². The van der Waals surface area contributed by atoms with Gasteiger partial charge in [0.2, 0.25) is 0 Å². The van der Waals surface area contributed by atoms with Crippen molar-refractivity contribution < 1.29 is 64.9 Å². The van der Waals surface area contributed by atoms with Gasteiger partial charge in [-0.1, -0.05) is 6.42 Å². The molecule has 0 rings (SSSR count). The van der Waals surface area contributed by atoms with Crippen LogP contribution in [0.25, 0.3) is 0 Å². The summed E-state index contributed by atoms with van der Waals surface area (Å²) in [6.45, 7) is 0. The molecule has 0 atom stereocenters. The molecule has 0 aromatic heterocycles. The number of hydrogen-bond acceptors (Lipinski definition) is 4. The van der Waals surface area contributed by atoms with E-state index in [0.717, 1.165) is 0 Å². The second kappa shape index (κ2) is 9.09. The van der Waals surface area contributed by atoms with Crippen LogP contribution >= 0.6 is 0 Å². The molecule has 0 aliphatic heterocycles. The molecule has 3 nitrogen and oxygen atoms in total. The van der Waals surface area contributed by atoms with E-state index in [9.17, 15) is 13.0 Å². The molecule has 0 spiro atoms. The summed E-state index contributed by atoms with van der Waals surface area (Å²) in [6.07, 6.45) is 0.293. The summed E-state index contributed by atoms with van der Waals surface area (Å²) in [6, 6.07) is 0. The van der Waals surface area contributed by atoms with Crippen molar-refractivity contribution in [3.8, 4) is 0 Å². The minimum absolute atomic E-state index is 0. The summed E-state index contributed by atoms with van der Waals surface area (Å²) in [5, 5.41) is 0. The SMILES string of the molecule is O=S(=O)([O-])CCC[S-].[Au+].[Na+]. The predicted molar refractivity (Wildman–Crippen MR) is 31.4 cm³/mol. The van der Waals surface area contributed by atoms with E-state index in [0.29, 0.717) is 12.2 Å². The third-order valence-electron chi connectivity index (χ3n) is 0.539. The van der Waals surface area contributed by atoms with Gasteiger partial charge in [-0.2, -0.15) is 5.75 Å². The maximum Gasteiger partial charge on any atom is 1.00 e. The summed E-state index contributed by atoms with van der Waals surface area (Å²) in [5.41, 5.74) is 0. The Morgan fingerprint density at radius 1 is 1.40 bits per heavy atom. The third kappa shape index (κ3) is 16.5. The summed E-state index contributed by atoms with van der Waals surface area (Å²) in [4.78, 5) is 0. The van der Waals surface area contributed by atoms with Gasteiger partial charge in [-0.3, -0.25) is 0 Å². The first kappa shape index (κ1) is 17.9. The molecular weight excluding hydrogens is 368 g/mol. The van der Waals surface area contributed by atoms with Crippen LogP contribution in [0.3, 0.4) is 0 Å². The molecule has 7 heteroatoms. The van der Waals surface area contributed by atoms with Gasteiger partial charge in [0.15, 0.2) is 0 Å². The summed E-state index contributed by atoms with van der Waals surface area (Å²) < 4.78 is 29.4. The Balaban J connectivity index is -0.000000245. The molecule has 0 aromatic rings. The summed E-state index contributed by atoms with van der Waals surface area (Å²) in [5.74, 6) is 0.0119. The van der Waals surface area contributed by atoms with Crippen molar-refractivity contribution in [1.29, 1.82) is 0 Å². The second-order valence-corrected chi connectivity index (χ2v) is 3.25. The van der Waals surface area contributed by atoms with Crippen LogP contribution < -0.4 is 29.6 Å². The molecule has 10 heavy (non-hydrogen) atoms. The summed E-state index contributed by atoms with van der Waals surface area (Å²) >= 11 is 4.42. The number of rotatable bonds is 3. The van der Waals surface area contributed by atoms with E-state index in [1.165, 1.54) is 0 Å². The Hall–Kier alpha value is 2.00. The molecule has 0 heterocycles. The molecule has 0 aliphatic rings. The molecule has 0 aliphatic carbocycles. The average molecular weight is 374 g/mol. The van der Waals surface area contributed by atoms with E-state index in [-0.39, 0.29) is 57.7 Å². The Morgan fingerprint density at radius 2 is 1.80 bits per heavy atom. The van der Waals surface area contributed by atoms with Crippen LogP contribution in [-0.4, -0.2) is 24.5 Å². The zero-order chi connectivity index (χ0) is 6.62. The fourth-order valence-corrected chi connectivity index (χ4v) is 1.06. The van der Waals surface area contributed by atoms with Crippen LogP contribution in [0, 0.1) is 0 Å². The van der Waals surface area contributed by atoms with E-state index in [4.69, 9.17) is 0 Å². The molecule has 0 aromatic carbocycles. The van der Waals surface area contributed by atoms with Crippen molar-refractivity contribution in [1.82, 2.24) is 0 Å². The molecule has 60 valence electrons. The molecule has 0 amide bonds. The Morgan fingerprint density at radius 3 is 1.90 bits per heavy atom. The molecule has 0 N–H and O–H groups in total. The van der Waals surface area contributed by atoms with Crippen LogP contribution in [0.1, 0.15) is 6.42 Å². The number of hydrogen-bond donors (Lipinski definition) is 0. The van der Waals surface area contributed by atoms with Crippen molar-refractivity contribution in [3.05, 3.63) is 0 Å². The van der Waals surface area contributed by atoms with Gasteiger partial charge in [0.25, 0.3) is 0 Å². The van der Waals surface area contributed by atoms with E-state index < -0.39 is 10.1 Å². The van der Waals surface area contributed by atoms with Gasteiger partial charge in [0, 0.05) is 5.75 Å². The zero-order valence-corrected chi connectivity index (χ0v) is 11.3. The molecule has 0 radical (unpaired) electrons. The normalized spacial score (nSPS) is 9.40.